The maximum atomic E-state index is 6.36. The first-order chi connectivity index (χ1) is 24.2. The van der Waals surface area contributed by atoms with Crippen LogP contribution in [-0.4, -0.2) is 32.3 Å². The Labute approximate surface area is 282 Å². The Balaban J connectivity index is 1.16. The van der Waals surface area contributed by atoms with Gasteiger partial charge < -0.3 is 18.9 Å². The summed E-state index contributed by atoms with van der Waals surface area (Å²) in [6.07, 6.45) is 4.61. The van der Waals surface area contributed by atoms with E-state index in [0.717, 1.165) is 95.4 Å². The lowest BCUT2D eigenvalue weighted by molar-refractivity contribution is 0.107. The summed E-state index contributed by atoms with van der Waals surface area (Å²) >= 11 is 0. The zero-order chi connectivity index (χ0) is 32.3. The van der Waals surface area contributed by atoms with Gasteiger partial charge in [0, 0.05) is 51.7 Å². The van der Waals surface area contributed by atoms with E-state index in [0.29, 0.717) is 39.6 Å². The lowest BCUT2D eigenvalue weighted by Gasteiger charge is -2.12. The average molecular weight is 645 g/mol. The molecule has 0 amide bonds. The molecule has 13 aliphatic heterocycles. The monoisotopic (exact) mass is 644 g/mol. The van der Waals surface area contributed by atoms with Crippen molar-refractivity contribution in [1.29, 1.82) is 0 Å². The van der Waals surface area contributed by atoms with Crippen LogP contribution in [0.5, 0.6) is 11.5 Å². The van der Waals surface area contributed by atoms with Gasteiger partial charge in [0.05, 0.1) is 50.7 Å². The number of pyridine rings is 2. The van der Waals surface area contributed by atoms with Gasteiger partial charge in [0.2, 0.25) is 0 Å². The molecule has 0 radical (unpaired) electrons. The van der Waals surface area contributed by atoms with Crippen LogP contribution < -0.4 is 9.47 Å². The number of ether oxygens (including phenoxy) is 4. The van der Waals surface area contributed by atoms with Crippen molar-refractivity contribution in [2.24, 2.45) is 0 Å². The fraction of sp³-hybridized carbons (Fsp3) is 0.171. The lowest BCUT2D eigenvalue weighted by atomic mass is 10.1. The maximum absolute atomic E-state index is 6.36. The van der Waals surface area contributed by atoms with Gasteiger partial charge in [0.25, 0.3) is 0 Å². The Kier molecular flexibility index (Phi) is 6.63. The van der Waals surface area contributed by atoms with Crippen molar-refractivity contribution in [2.75, 3.05) is 13.2 Å². The van der Waals surface area contributed by atoms with Gasteiger partial charge in [-0.15, -0.1) is 0 Å². The molecule has 0 atom stereocenters. The number of hydrogen-bond acceptors (Lipinski definition) is 6. The number of benzene rings is 4. The topological polar surface area (TPSA) is 72.6 Å². The molecule has 240 valence electrons. The second-order valence-corrected chi connectivity index (χ2v) is 12.8. The van der Waals surface area contributed by atoms with E-state index in [1.807, 2.05) is 36.7 Å². The summed E-state index contributed by atoms with van der Waals surface area (Å²) in [5, 5.41) is 4.41. The third kappa shape index (κ3) is 4.91. The average Bonchev–Trinajstić information content (AvgIpc) is 3.63. The van der Waals surface area contributed by atoms with Crippen LogP contribution in [0.4, 0.5) is 0 Å². The molecule has 18 bridgehead atoms. The molecule has 8 nitrogen and oxygen atoms in total. The molecule has 0 fully saturated rings. The second kappa shape index (κ2) is 11.5. The third-order valence-electron chi connectivity index (χ3n) is 9.55. The van der Waals surface area contributed by atoms with Gasteiger partial charge in [0.1, 0.15) is 22.8 Å². The first-order valence-corrected chi connectivity index (χ1v) is 16.7. The highest BCUT2D eigenvalue weighted by Gasteiger charge is 2.18. The Bertz CT molecular complexity index is 2230. The number of rotatable bonds is 0. The van der Waals surface area contributed by atoms with Crippen LogP contribution in [0.15, 0.2) is 109 Å². The molecule has 8 heteroatoms. The van der Waals surface area contributed by atoms with E-state index >= 15 is 0 Å². The van der Waals surface area contributed by atoms with Crippen LogP contribution in [0.3, 0.4) is 0 Å². The quantitative estimate of drug-likeness (QED) is 0.165. The Morgan fingerprint density at radius 3 is 1.35 bits per heavy atom. The predicted molar refractivity (Wildman–Crippen MR) is 190 cm³/mol. The number of nitrogens with zero attached hydrogens (tertiary/aromatic N) is 4. The third-order valence-corrected chi connectivity index (χ3v) is 9.55. The second-order valence-electron chi connectivity index (χ2n) is 12.8. The molecular weight excluding hydrogens is 612 g/mol. The van der Waals surface area contributed by atoms with Crippen LogP contribution in [-0.2, 0) is 35.9 Å². The van der Waals surface area contributed by atoms with Crippen LogP contribution in [0.1, 0.15) is 28.7 Å². The zero-order valence-corrected chi connectivity index (χ0v) is 26.8. The van der Waals surface area contributed by atoms with E-state index in [2.05, 4.69) is 81.9 Å². The van der Waals surface area contributed by atoms with Crippen LogP contribution in [0.25, 0.3) is 55.2 Å². The van der Waals surface area contributed by atoms with E-state index < -0.39 is 0 Å². The van der Waals surface area contributed by atoms with E-state index in [1.54, 1.807) is 0 Å². The first-order valence-electron chi connectivity index (χ1n) is 16.7. The summed E-state index contributed by atoms with van der Waals surface area (Å²) in [6, 6.07) is 34.0. The van der Waals surface area contributed by atoms with Crippen molar-refractivity contribution >= 4 is 43.9 Å². The summed E-state index contributed by atoms with van der Waals surface area (Å²) in [6.45, 7) is 2.96. The van der Waals surface area contributed by atoms with Gasteiger partial charge in [-0.1, -0.05) is 12.1 Å². The summed E-state index contributed by atoms with van der Waals surface area (Å²) < 4.78 is 29.3. The van der Waals surface area contributed by atoms with Gasteiger partial charge in [-0.25, -0.2) is 9.97 Å². The lowest BCUT2D eigenvalue weighted by Crippen LogP contribution is -2.05. The van der Waals surface area contributed by atoms with Crippen molar-refractivity contribution in [3.05, 3.63) is 132 Å². The van der Waals surface area contributed by atoms with Crippen molar-refractivity contribution in [1.82, 2.24) is 19.1 Å². The standard InChI is InChI=1S/C41H32N4O4/c1-14-48-32-8-4-30(5-9-32)44-38-12-2-26-16-34(38)36-18-28(20-42-40(36)44)24-47-25-29-19-37-35-17-27(23-46-22-26)3-13-39(35)45(41(37)43-21-29)31-6-10-33(11-7-31)49-15-1/h2-13,16-21H,1,14-15,22-25H2. The van der Waals surface area contributed by atoms with E-state index in [9.17, 15) is 0 Å². The van der Waals surface area contributed by atoms with Gasteiger partial charge in [0.15, 0.2) is 0 Å². The summed E-state index contributed by atoms with van der Waals surface area (Å²) in [7, 11) is 0. The van der Waals surface area contributed by atoms with Gasteiger partial charge in [-0.3, -0.25) is 9.13 Å². The highest BCUT2D eigenvalue weighted by atomic mass is 16.5. The fourth-order valence-corrected chi connectivity index (χ4v) is 7.23. The summed E-state index contributed by atoms with van der Waals surface area (Å²) in [5.41, 5.74) is 10.2. The molecule has 0 saturated heterocycles. The summed E-state index contributed by atoms with van der Waals surface area (Å²) in [4.78, 5) is 10.00. The largest absolute Gasteiger partial charge is 0.493 e. The van der Waals surface area contributed by atoms with Crippen LogP contribution in [0, 0.1) is 0 Å². The minimum absolute atomic E-state index is 0.433. The summed E-state index contributed by atoms with van der Waals surface area (Å²) in [5.74, 6) is 1.64. The SMILES string of the molecule is c1cc2c3cc1COCc1ccc4c(c1)c1cc5cnc1n4-c1ccc(cc1)OCCCOc1ccc(cc1)-n2c1ncc(cc31)COC5. The van der Waals surface area contributed by atoms with Gasteiger partial charge in [-0.2, -0.15) is 0 Å². The van der Waals surface area contributed by atoms with Crippen LogP contribution in [0.2, 0.25) is 0 Å². The molecule has 21 rings (SSSR count). The Hall–Kier alpha value is -5.70. The Morgan fingerprint density at radius 2 is 0.878 bits per heavy atom. The predicted octanol–water partition coefficient (Wildman–Crippen LogP) is 8.58. The molecule has 0 unspecified atom stereocenters. The maximum Gasteiger partial charge on any atom is 0.145 e. The minimum atomic E-state index is 0.433. The van der Waals surface area contributed by atoms with Gasteiger partial charge >= 0.3 is 0 Å². The van der Waals surface area contributed by atoms with Gasteiger partial charge in [-0.05, 0) is 107 Å². The van der Waals surface area contributed by atoms with Crippen LogP contribution >= 0.6 is 0 Å². The first kappa shape index (κ1) is 28.3. The normalized spacial score (nSPS) is 14.9. The van der Waals surface area contributed by atoms with Crippen molar-refractivity contribution in [3.8, 4) is 22.9 Å². The van der Waals surface area contributed by atoms with Crippen molar-refractivity contribution in [3.63, 3.8) is 0 Å². The highest BCUT2D eigenvalue weighted by Crippen LogP contribution is 2.35. The zero-order valence-electron chi connectivity index (χ0n) is 26.8. The van der Waals surface area contributed by atoms with Crippen molar-refractivity contribution in [2.45, 2.75) is 32.8 Å². The minimum Gasteiger partial charge on any atom is -0.493 e. The van der Waals surface area contributed by atoms with E-state index in [4.69, 9.17) is 28.9 Å². The molecule has 0 saturated carbocycles. The number of hydrogen-bond donors (Lipinski definition) is 0. The van der Waals surface area contributed by atoms with E-state index in [-0.39, 0.29) is 0 Å². The molecule has 4 aromatic carbocycles. The molecule has 0 aliphatic carbocycles. The molecule has 4 aromatic heterocycles. The molecule has 17 heterocycles. The smallest absolute Gasteiger partial charge is 0.145 e. The molecular formula is C41H32N4O4. The molecule has 0 N–H and O–H groups in total. The fourth-order valence-electron chi connectivity index (χ4n) is 7.23. The van der Waals surface area contributed by atoms with Crippen molar-refractivity contribution < 1.29 is 18.9 Å². The molecule has 49 heavy (non-hydrogen) atoms. The Morgan fingerprint density at radius 1 is 0.449 bits per heavy atom. The molecule has 8 aromatic rings. The highest BCUT2D eigenvalue weighted by molar-refractivity contribution is 6.09. The number of aromatic nitrogens is 4. The van der Waals surface area contributed by atoms with E-state index in [1.165, 1.54) is 0 Å². The molecule has 0 spiro atoms. The molecule has 13 aliphatic rings.